The predicted octanol–water partition coefficient (Wildman–Crippen LogP) is 3.49. The lowest BCUT2D eigenvalue weighted by atomic mass is 10.1. The standard InChI is InChI=1S/C21H33N5O2.HI/c1-4-23-21(24-11-7-14-26-15-13-22-17-26)25-12-10-18-8-9-19(27-5-2)20(16-18)28-6-3;/h8-9,13,15-17H,4-7,10-12,14H2,1-3H3,(H2,23,24,25);1H. The summed E-state index contributed by atoms with van der Waals surface area (Å²) >= 11 is 0. The number of nitrogens with zero attached hydrogens (tertiary/aromatic N) is 3. The second kappa shape index (κ2) is 14.9. The maximum atomic E-state index is 5.70. The zero-order valence-corrected chi connectivity index (χ0v) is 20.0. The SMILES string of the molecule is CCNC(=NCCCn1ccnc1)NCCc1ccc(OCC)c(OCC)c1.I. The van der Waals surface area contributed by atoms with E-state index in [4.69, 9.17) is 9.47 Å². The zero-order chi connectivity index (χ0) is 20.0. The number of halogens is 1. The summed E-state index contributed by atoms with van der Waals surface area (Å²) in [4.78, 5) is 8.70. The molecule has 2 aromatic rings. The van der Waals surface area contributed by atoms with Gasteiger partial charge in [-0.05, 0) is 51.3 Å². The molecule has 8 heteroatoms. The van der Waals surface area contributed by atoms with Crippen molar-refractivity contribution in [3.05, 3.63) is 42.5 Å². The van der Waals surface area contributed by atoms with Gasteiger partial charge in [0, 0.05) is 38.6 Å². The van der Waals surface area contributed by atoms with Crippen molar-refractivity contribution >= 4 is 29.9 Å². The average molecular weight is 515 g/mol. The van der Waals surface area contributed by atoms with Crippen molar-refractivity contribution in [1.82, 2.24) is 20.2 Å². The number of nitrogens with one attached hydrogen (secondary N) is 2. The first-order chi connectivity index (χ1) is 13.8. The van der Waals surface area contributed by atoms with E-state index < -0.39 is 0 Å². The number of aliphatic imine (C=N–C) groups is 1. The Morgan fingerprint density at radius 2 is 1.90 bits per heavy atom. The van der Waals surface area contributed by atoms with Crippen molar-refractivity contribution in [2.45, 2.75) is 40.2 Å². The molecule has 0 atom stereocenters. The van der Waals surface area contributed by atoms with E-state index in [2.05, 4.69) is 44.2 Å². The van der Waals surface area contributed by atoms with Crippen LogP contribution in [0.15, 0.2) is 41.9 Å². The fourth-order valence-electron chi connectivity index (χ4n) is 2.78. The normalized spacial score (nSPS) is 10.9. The molecule has 0 aliphatic carbocycles. The molecule has 0 fully saturated rings. The molecule has 0 radical (unpaired) electrons. The van der Waals surface area contributed by atoms with Crippen LogP contribution in [0.5, 0.6) is 11.5 Å². The molecule has 0 bridgehead atoms. The number of imidazole rings is 1. The minimum absolute atomic E-state index is 0. The van der Waals surface area contributed by atoms with Crippen molar-refractivity contribution < 1.29 is 9.47 Å². The predicted molar refractivity (Wildman–Crippen MR) is 129 cm³/mol. The maximum Gasteiger partial charge on any atom is 0.191 e. The minimum Gasteiger partial charge on any atom is -0.490 e. The fourth-order valence-corrected chi connectivity index (χ4v) is 2.78. The Bertz CT molecular complexity index is 707. The zero-order valence-electron chi connectivity index (χ0n) is 17.7. The summed E-state index contributed by atoms with van der Waals surface area (Å²) in [6.07, 6.45) is 7.46. The summed E-state index contributed by atoms with van der Waals surface area (Å²) in [5, 5.41) is 6.70. The van der Waals surface area contributed by atoms with Crippen molar-refractivity contribution in [1.29, 1.82) is 0 Å². The molecule has 0 saturated carbocycles. The summed E-state index contributed by atoms with van der Waals surface area (Å²) in [6, 6.07) is 6.13. The first kappa shape index (κ1) is 25.1. The van der Waals surface area contributed by atoms with Gasteiger partial charge in [0.15, 0.2) is 17.5 Å². The molecule has 0 aliphatic rings. The molecule has 1 aromatic carbocycles. The Labute approximate surface area is 191 Å². The maximum absolute atomic E-state index is 5.70. The highest BCUT2D eigenvalue weighted by molar-refractivity contribution is 14.0. The molecule has 0 aliphatic heterocycles. The van der Waals surface area contributed by atoms with Crippen LogP contribution >= 0.6 is 24.0 Å². The van der Waals surface area contributed by atoms with Gasteiger partial charge in [0.05, 0.1) is 19.5 Å². The Kier molecular flexibility index (Phi) is 12.9. The third kappa shape index (κ3) is 9.38. The van der Waals surface area contributed by atoms with Crippen molar-refractivity contribution in [3.63, 3.8) is 0 Å². The molecule has 29 heavy (non-hydrogen) atoms. The van der Waals surface area contributed by atoms with E-state index in [1.807, 2.05) is 32.4 Å². The number of hydrogen-bond donors (Lipinski definition) is 2. The molecular weight excluding hydrogens is 481 g/mol. The molecule has 0 unspecified atom stereocenters. The van der Waals surface area contributed by atoms with Crippen LogP contribution in [0.25, 0.3) is 0 Å². The number of guanidine groups is 1. The summed E-state index contributed by atoms with van der Waals surface area (Å²) in [5.41, 5.74) is 1.20. The molecule has 1 heterocycles. The lowest BCUT2D eigenvalue weighted by Crippen LogP contribution is -2.38. The highest BCUT2D eigenvalue weighted by Crippen LogP contribution is 2.28. The Morgan fingerprint density at radius 1 is 1.10 bits per heavy atom. The van der Waals surface area contributed by atoms with Gasteiger partial charge in [-0.25, -0.2) is 4.98 Å². The third-order valence-electron chi connectivity index (χ3n) is 4.06. The molecule has 0 saturated heterocycles. The van der Waals surface area contributed by atoms with Gasteiger partial charge in [-0.2, -0.15) is 0 Å². The molecule has 2 N–H and O–H groups in total. The molecule has 162 valence electrons. The molecule has 2 rings (SSSR count). The fraction of sp³-hybridized carbons (Fsp3) is 0.524. The van der Waals surface area contributed by atoms with E-state index in [1.165, 1.54) is 5.56 Å². The van der Waals surface area contributed by atoms with Crippen LogP contribution in [0.3, 0.4) is 0 Å². The smallest absolute Gasteiger partial charge is 0.191 e. The molecular formula is C21H34IN5O2. The van der Waals surface area contributed by atoms with Gasteiger partial charge in [0.1, 0.15) is 0 Å². The summed E-state index contributed by atoms with van der Waals surface area (Å²) in [6.45, 7) is 10.6. The van der Waals surface area contributed by atoms with Crippen LogP contribution in [0.2, 0.25) is 0 Å². The second-order valence-corrected chi connectivity index (χ2v) is 6.24. The number of ether oxygens (including phenoxy) is 2. The Balaban J connectivity index is 0.00000420. The molecule has 0 spiro atoms. The Hall–Kier alpha value is -1.97. The largest absolute Gasteiger partial charge is 0.490 e. The number of benzene rings is 1. The van der Waals surface area contributed by atoms with Crippen molar-refractivity contribution in [2.75, 3.05) is 32.8 Å². The van der Waals surface area contributed by atoms with Gasteiger partial charge in [-0.3, -0.25) is 4.99 Å². The van der Waals surface area contributed by atoms with Crippen LogP contribution in [0, 0.1) is 0 Å². The first-order valence-electron chi connectivity index (χ1n) is 10.1. The monoisotopic (exact) mass is 515 g/mol. The third-order valence-corrected chi connectivity index (χ3v) is 4.06. The topological polar surface area (TPSA) is 72.7 Å². The second-order valence-electron chi connectivity index (χ2n) is 6.24. The molecule has 1 aromatic heterocycles. The van der Waals surface area contributed by atoms with Crippen molar-refractivity contribution in [2.24, 2.45) is 4.99 Å². The number of aromatic nitrogens is 2. The van der Waals surface area contributed by atoms with E-state index in [0.717, 1.165) is 56.5 Å². The lowest BCUT2D eigenvalue weighted by Gasteiger charge is -2.14. The number of hydrogen-bond acceptors (Lipinski definition) is 4. The summed E-state index contributed by atoms with van der Waals surface area (Å²) in [7, 11) is 0. The van der Waals surface area contributed by atoms with Gasteiger partial charge in [-0.15, -0.1) is 24.0 Å². The first-order valence-corrected chi connectivity index (χ1v) is 10.1. The van der Waals surface area contributed by atoms with Crippen LogP contribution in [0.4, 0.5) is 0 Å². The lowest BCUT2D eigenvalue weighted by molar-refractivity contribution is 0.287. The van der Waals surface area contributed by atoms with Gasteiger partial charge in [0.25, 0.3) is 0 Å². The Morgan fingerprint density at radius 3 is 2.59 bits per heavy atom. The van der Waals surface area contributed by atoms with Crippen LogP contribution in [-0.4, -0.2) is 48.4 Å². The van der Waals surface area contributed by atoms with E-state index in [-0.39, 0.29) is 24.0 Å². The van der Waals surface area contributed by atoms with Gasteiger partial charge >= 0.3 is 0 Å². The number of aryl methyl sites for hydroxylation is 1. The van der Waals surface area contributed by atoms with Gasteiger partial charge in [0.2, 0.25) is 0 Å². The summed E-state index contributed by atoms with van der Waals surface area (Å²) < 4.78 is 13.4. The van der Waals surface area contributed by atoms with Crippen molar-refractivity contribution in [3.8, 4) is 11.5 Å². The average Bonchev–Trinajstić information content (AvgIpc) is 3.21. The molecule has 0 amide bonds. The van der Waals surface area contributed by atoms with Crippen LogP contribution in [0.1, 0.15) is 32.8 Å². The summed E-state index contributed by atoms with van der Waals surface area (Å²) in [5.74, 6) is 2.46. The van der Waals surface area contributed by atoms with E-state index >= 15 is 0 Å². The van der Waals surface area contributed by atoms with Crippen LogP contribution < -0.4 is 20.1 Å². The van der Waals surface area contributed by atoms with E-state index in [1.54, 1.807) is 6.20 Å². The minimum atomic E-state index is 0. The van der Waals surface area contributed by atoms with E-state index in [9.17, 15) is 0 Å². The van der Waals surface area contributed by atoms with Gasteiger partial charge in [-0.1, -0.05) is 6.07 Å². The number of rotatable bonds is 12. The quantitative estimate of drug-likeness (QED) is 0.196. The highest BCUT2D eigenvalue weighted by Gasteiger charge is 2.06. The highest BCUT2D eigenvalue weighted by atomic mass is 127. The van der Waals surface area contributed by atoms with Gasteiger partial charge < -0.3 is 24.7 Å². The van der Waals surface area contributed by atoms with Crippen LogP contribution in [-0.2, 0) is 13.0 Å². The van der Waals surface area contributed by atoms with E-state index in [0.29, 0.717) is 13.2 Å². The molecule has 7 nitrogen and oxygen atoms in total.